The summed E-state index contributed by atoms with van der Waals surface area (Å²) in [5.41, 5.74) is 5.71. The predicted octanol–water partition coefficient (Wildman–Crippen LogP) is 4.63. The molecule has 2 atom stereocenters. The topological polar surface area (TPSA) is 12.0 Å². The summed E-state index contributed by atoms with van der Waals surface area (Å²) in [7, 11) is 0. The van der Waals surface area contributed by atoms with Crippen molar-refractivity contribution in [1.82, 2.24) is 5.32 Å². The zero-order valence-electron chi connectivity index (χ0n) is 12.4. The number of rotatable bonds is 3. The Labute approximate surface area is 131 Å². The van der Waals surface area contributed by atoms with Crippen LogP contribution in [0.3, 0.4) is 0 Å². The molecule has 0 aromatic heterocycles. The molecule has 0 heterocycles. The molecule has 4 rings (SSSR count). The molecular formula is C19H21NS. The number of hydrogen-bond donors (Lipinski definition) is 1. The Morgan fingerprint density at radius 1 is 0.905 bits per heavy atom. The Bertz CT molecular complexity index is 606. The molecule has 2 aromatic carbocycles. The van der Waals surface area contributed by atoms with E-state index in [9.17, 15) is 0 Å². The Morgan fingerprint density at radius 2 is 1.52 bits per heavy atom. The highest BCUT2D eigenvalue weighted by molar-refractivity contribution is 7.99. The summed E-state index contributed by atoms with van der Waals surface area (Å²) >= 11 is 2.02. The third-order valence-corrected chi connectivity index (χ3v) is 6.14. The second-order valence-corrected chi connectivity index (χ2v) is 7.16. The lowest BCUT2D eigenvalue weighted by atomic mass is 10.0. The summed E-state index contributed by atoms with van der Waals surface area (Å²) in [6.45, 7) is 0. The van der Waals surface area contributed by atoms with E-state index in [0.717, 1.165) is 5.25 Å². The zero-order chi connectivity index (χ0) is 14.2. The van der Waals surface area contributed by atoms with Gasteiger partial charge < -0.3 is 5.32 Å². The van der Waals surface area contributed by atoms with Gasteiger partial charge in [-0.25, -0.2) is 0 Å². The molecule has 1 fully saturated rings. The van der Waals surface area contributed by atoms with Gasteiger partial charge in [-0.15, -0.1) is 0 Å². The Morgan fingerprint density at radius 3 is 2.14 bits per heavy atom. The second kappa shape index (κ2) is 5.51. The summed E-state index contributed by atoms with van der Waals surface area (Å²) in [5, 5.41) is 4.74. The van der Waals surface area contributed by atoms with Crippen molar-refractivity contribution in [3.05, 3.63) is 59.7 Å². The summed E-state index contributed by atoms with van der Waals surface area (Å²) in [4.78, 5) is 0. The van der Waals surface area contributed by atoms with Crippen LogP contribution in [0.2, 0.25) is 0 Å². The van der Waals surface area contributed by atoms with Crippen LogP contribution in [-0.2, 0) is 0 Å². The molecule has 2 aliphatic carbocycles. The number of thioether (sulfide) groups is 1. The number of benzene rings is 2. The van der Waals surface area contributed by atoms with Gasteiger partial charge in [-0.05, 0) is 41.4 Å². The van der Waals surface area contributed by atoms with Crippen molar-refractivity contribution in [3.63, 3.8) is 0 Å². The summed E-state index contributed by atoms with van der Waals surface area (Å²) in [6, 6.07) is 18.7. The largest absolute Gasteiger partial charge is 0.302 e. The van der Waals surface area contributed by atoms with Crippen LogP contribution in [-0.4, -0.2) is 17.5 Å². The molecule has 1 N–H and O–H groups in total. The zero-order valence-corrected chi connectivity index (χ0v) is 13.2. The maximum atomic E-state index is 3.97. The van der Waals surface area contributed by atoms with Gasteiger partial charge in [0, 0.05) is 11.3 Å². The predicted molar refractivity (Wildman–Crippen MR) is 91.8 cm³/mol. The summed E-state index contributed by atoms with van der Waals surface area (Å²) in [5.74, 6) is 0. The van der Waals surface area contributed by atoms with Crippen molar-refractivity contribution in [2.75, 3.05) is 6.26 Å². The molecule has 108 valence electrons. The first-order chi connectivity index (χ1) is 10.4. The second-order valence-electron chi connectivity index (χ2n) is 6.09. The molecular weight excluding hydrogens is 274 g/mol. The minimum Gasteiger partial charge on any atom is -0.302 e. The number of fused-ring (bicyclic) bond motifs is 3. The van der Waals surface area contributed by atoms with E-state index < -0.39 is 0 Å². The first kappa shape index (κ1) is 13.4. The molecule has 2 heteroatoms. The number of hydrogen-bond acceptors (Lipinski definition) is 2. The van der Waals surface area contributed by atoms with E-state index in [2.05, 4.69) is 60.1 Å². The molecule has 0 aliphatic heterocycles. The van der Waals surface area contributed by atoms with Gasteiger partial charge in [-0.3, -0.25) is 0 Å². The van der Waals surface area contributed by atoms with Crippen LogP contribution in [0.5, 0.6) is 0 Å². The van der Waals surface area contributed by atoms with Crippen molar-refractivity contribution in [3.8, 4) is 11.1 Å². The van der Waals surface area contributed by atoms with Crippen molar-refractivity contribution >= 4 is 11.8 Å². The van der Waals surface area contributed by atoms with Crippen LogP contribution in [0.1, 0.15) is 36.4 Å². The van der Waals surface area contributed by atoms with Gasteiger partial charge in [0.2, 0.25) is 0 Å². The molecule has 0 bridgehead atoms. The molecule has 21 heavy (non-hydrogen) atoms. The molecule has 0 spiro atoms. The van der Waals surface area contributed by atoms with Gasteiger partial charge in [0.05, 0.1) is 6.04 Å². The molecule has 0 amide bonds. The third kappa shape index (κ3) is 2.21. The number of nitrogens with one attached hydrogen (secondary N) is 1. The van der Waals surface area contributed by atoms with Gasteiger partial charge in [0.1, 0.15) is 0 Å². The van der Waals surface area contributed by atoms with Crippen LogP contribution < -0.4 is 5.32 Å². The minimum atomic E-state index is 0.371. The molecule has 2 unspecified atom stereocenters. The first-order valence-electron chi connectivity index (χ1n) is 7.85. The Kier molecular flexibility index (Phi) is 3.52. The Balaban J connectivity index is 1.72. The average molecular weight is 295 g/mol. The average Bonchev–Trinajstić information content (AvgIpc) is 3.11. The van der Waals surface area contributed by atoms with Gasteiger partial charge in [-0.1, -0.05) is 55.0 Å². The van der Waals surface area contributed by atoms with Gasteiger partial charge in [-0.2, -0.15) is 11.8 Å². The smallest absolute Gasteiger partial charge is 0.0591 e. The van der Waals surface area contributed by atoms with Crippen LogP contribution in [0.4, 0.5) is 0 Å². The van der Waals surface area contributed by atoms with Crippen molar-refractivity contribution < 1.29 is 0 Å². The van der Waals surface area contributed by atoms with E-state index in [-0.39, 0.29) is 0 Å². The summed E-state index contributed by atoms with van der Waals surface area (Å²) < 4.78 is 0. The van der Waals surface area contributed by atoms with E-state index >= 15 is 0 Å². The van der Waals surface area contributed by atoms with E-state index in [1.165, 1.54) is 41.5 Å². The van der Waals surface area contributed by atoms with Gasteiger partial charge in [0.25, 0.3) is 0 Å². The van der Waals surface area contributed by atoms with Crippen molar-refractivity contribution in [1.29, 1.82) is 0 Å². The first-order valence-corrected chi connectivity index (χ1v) is 9.14. The lowest BCUT2D eigenvalue weighted by molar-refractivity contribution is 0.491. The summed E-state index contributed by atoms with van der Waals surface area (Å²) in [6.07, 6.45) is 6.28. The monoisotopic (exact) mass is 295 g/mol. The third-order valence-electron chi connectivity index (χ3n) is 4.97. The fourth-order valence-corrected chi connectivity index (χ4v) is 4.89. The van der Waals surface area contributed by atoms with E-state index in [1.54, 1.807) is 0 Å². The standard InChI is InChI=1S/C19H21NS/c1-21-18-12-6-11-17(18)20-19-15-9-4-2-7-13(15)14-8-3-5-10-16(14)19/h2-5,7-10,17-20H,6,11-12H2,1H3. The molecule has 2 aliphatic rings. The van der Waals surface area contributed by atoms with Crippen LogP contribution >= 0.6 is 11.8 Å². The highest BCUT2D eigenvalue weighted by Gasteiger charge is 2.33. The SMILES string of the molecule is CSC1CCCC1NC1c2ccccc2-c2ccccc21. The van der Waals surface area contributed by atoms with E-state index in [1.807, 2.05) is 11.8 Å². The van der Waals surface area contributed by atoms with E-state index in [4.69, 9.17) is 0 Å². The van der Waals surface area contributed by atoms with Crippen LogP contribution in [0, 0.1) is 0 Å². The van der Waals surface area contributed by atoms with E-state index in [0.29, 0.717) is 12.1 Å². The normalized spacial score (nSPS) is 24.0. The highest BCUT2D eigenvalue weighted by Crippen LogP contribution is 2.44. The van der Waals surface area contributed by atoms with Gasteiger partial charge >= 0.3 is 0 Å². The maximum Gasteiger partial charge on any atom is 0.0591 e. The lowest BCUT2D eigenvalue weighted by Gasteiger charge is -2.25. The molecule has 2 aromatic rings. The van der Waals surface area contributed by atoms with Crippen LogP contribution in [0.15, 0.2) is 48.5 Å². The van der Waals surface area contributed by atoms with Crippen molar-refractivity contribution in [2.24, 2.45) is 0 Å². The fraction of sp³-hybridized carbons (Fsp3) is 0.368. The highest BCUT2D eigenvalue weighted by atomic mass is 32.2. The molecule has 0 saturated heterocycles. The molecule has 1 saturated carbocycles. The molecule has 1 nitrogen and oxygen atoms in total. The fourth-order valence-electron chi connectivity index (χ4n) is 3.95. The molecule has 0 radical (unpaired) electrons. The van der Waals surface area contributed by atoms with Gasteiger partial charge in [0.15, 0.2) is 0 Å². The maximum absolute atomic E-state index is 3.97. The van der Waals surface area contributed by atoms with Crippen molar-refractivity contribution in [2.45, 2.75) is 36.6 Å². The Hall–Kier alpha value is -1.25. The van der Waals surface area contributed by atoms with Crippen LogP contribution in [0.25, 0.3) is 11.1 Å². The quantitative estimate of drug-likeness (QED) is 0.886. The minimum absolute atomic E-state index is 0.371. The lowest BCUT2D eigenvalue weighted by Crippen LogP contribution is -2.36.